The number of hydrogen-bond donors (Lipinski definition) is 2. The number of aryl methyl sites for hydroxylation is 1. The van der Waals surface area contributed by atoms with Gasteiger partial charge in [0.1, 0.15) is 5.75 Å². The van der Waals surface area contributed by atoms with Crippen LogP contribution in [-0.2, 0) is 6.42 Å². The van der Waals surface area contributed by atoms with Crippen molar-refractivity contribution in [1.82, 2.24) is 4.90 Å². The van der Waals surface area contributed by atoms with Crippen molar-refractivity contribution in [2.24, 2.45) is 11.3 Å². The Balaban J connectivity index is 1.37. The van der Waals surface area contributed by atoms with Gasteiger partial charge in [0.25, 0.3) is 0 Å². The van der Waals surface area contributed by atoms with E-state index in [1.165, 1.54) is 16.7 Å². The number of hydrogen-bond acceptors (Lipinski definition) is 3. The highest BCUT2D eigenvalue weighted by Gasteiger charge is 2.41. The highest BCUT2D eigenvalue weighted by atomic mass is 19.1. The average Bonchev–Trinajstić information content (AvgIpc) is 2.80. The highest BCUT2D eigenvalue weighted by molar-refractivity contribution is 5.50. The Kier molecular flexibility index (Phi) is 6.29. The Morgan fingerprint density at radius 3 is 2.67 bits per heavy atom. The molecule has 2 aromatic rings. The lowest BCUT2D eigenvalue weighted by Crippen LogP contribution is -2.54. The molecule has 3 aliphatic rings. The SMILES string of the molecule is CC1([C@H]2CCc3cc(O)ccc3[C@H]2c2ccc(NC3CN(CCCF)C3)cc2)C=CC=CC1. The van der Waals surface area contributed by atoms with E-state index >= 15 is 0 Å². The standard InChI is InChI=1S/C29H35FN2O/c1-29(14-3-2-4-15-29)27-13-8-22-18-25(33)11-12-26(22)28(27)21-6-9-23(10-7-21)31-24-19-32(20-24)17-5-16-30/h2-4,6-7,9-12,14,18,24,27-28,31,33H,5,8,13,15-17,19-20H2,1H3/t27-,28+,29?/m0/s1. The molecule has 0 saturated carbocycles. The Labute approximate surface area is 197 Å². The van der Waals surface area contributed by atoms with Crippen LogP contribution in [0.5, 0.6) is 5.75 Å². The van der Waals surface area contributed by atoms with Crippen molar-refractivity contribution in [3.05, 3.63) is 83.5 Å². The van der Waals surface area contributed by atoms with E-state index in [1.807, 2.05) is 12.1 Å². The molecule has 2 aliphatic carbocycles. The largest absolute Gasteiger partial charge is 0.508 e. The molecule has 33 heavy (non-hydrogen) atoms. The normalized spacial score (nSPS) is 27.2. The predicted molar refractivity (Wildman–Crippen MR) is 134 cm³/mol. The lowest BCUT2D eigenvalue weighted by atomic mass is 9.59. The number of phenols is 1. The van der Waals surface area contributed by atoms with Gasteiger partial charge in [-0.2, -0.15) is 0 Å². The van der Waals surface area contributed by atoms with Crippen LogP contribution in [0.4, 0.5) is 10.1 Å². The maximum absolute atomic E-state index is 12.4. The summed E-state index contributed by atoms with van der Waals surface area (Å²) in [5, 5.41) is 13.7. The van der Waals surface area contributed by atoms with Crippen molar-refractivity contribution in [3.8, 4) is 5.75 Å². The Hall–Kier alpha value is -2.59. The van der Waals surface area contributed by atoms with Gasteiger partial charge in [-0.05, 0) is 78.0 Å². The average molecular weight is 447 g/mol. The first-order chi connectivity index (χ1) is 16.1. The summed E-state index contributed by atoms with van der Waals surface area (Å²) in [6, 6.07) is 15.4. The first-order valence-electron chi connectivity index (χ1n) is 12.4. The molecule has 2 aromatic carbocycles. The first-order valence-corrected chi connectivity index (χ1v) is 12.4. The van der Waals surface area contributed by atoms with E-state index in [0.29, 0.717) is 30.0 Å². The zero-order chi connectivity index (χ0) is 22.8. The number of nitrogens with zero attached hydrogens (tertiary/aromatic N) is 1. The molecule has 5 rings (SSSR count). The minimum atomic E-state index is -0.230. The minimum absolute atomic E-state index is 0.126. The number of aromatic hydroxyl groups is 1. The molecule has 0 aromatic heterocycles. The van der Waals surface area contributed by atoms with E-state index in [1.54, 1.807) is 0 Å². The van der Waals surface area contributed by atoms with Crippen molar-refractivity contribution < 1.29 is 9.50 Å². The van der Waals surface area contributed by atoms with E-state index in [-0.39, 0.29) is 12.1 Å². The third-order valence-corrected chi connectivity index (χ3v) is 7.92. The van der Waals surface area contributed by atoms with Crippen molar-refractivity contribution >= 4 is 5.69 Å². The molecule has 1 unspecified atom stereocenters. The molecule has 0 radical (unpaired) electrons. The van der Waals surface area contributed by atoms with E-state index in [9.17, 15) is 9.50 Å². The van der Waals surface area contributed by atoms with Crippen LogP contribution in [0.2, 0.25) is 0 Å². The summed E-state index contributed by atoms with van der Waals surface area (Å²) < 4.78 is 12.4. The Morgan fingerprint density at radius 1 is 1.12 bits per heavy atom. The third kappa shape index (κ3) is 4.59. The molecule has 1 heterocycles. The van der Waals surface area contributed by atoms with Crippen LogP contribution in [0, 0.1) is 11.3 Å². The topological polar surface area (TPSA) is 35.5 Å². The van der Waals surface area contributed by atoms with Crippen molar-refractivity contribution in [1.29, 1.82) is 0 Å². The number of rotatable bonds is 7. The summed E-state index contributed by atoms with van der Waals surface area (Å²) in [7, 11) is 0. The number of alkyl halides is 1. The van der Waals surface area contributed by atoms with Gasteiger partial charge in [0.05, 0.1) is 12.7 Å². The second-order valence-corrected chi connectivity index (χ2v) is 10.3. The lowest BCUT2D eigenvalue weighted by molar-refractivity contribution is 0.155. The molecule has 0 bridgehead atoms. The van der Waals surface area contributed by atoms with Crippen LogP contribution < -0.4 is 5.32 Å². The van der Waals surface area contributed by atoms with Crippen molar-refractivity contribution in [3.63, 3.8) is 0 Å². The van der Waals surface area contributed by atoms with Crippen LogP contribution in [0.15, 0.2) is 66.8 Å². The molecule has 0 spiro atoms. The van der Waals surface area contributed by atoms with Crippen LogP contribution >= 0.6 is 0 Å². The van der Waals surface area contributed by atoms with Gasteiger partial charge in [-0.15, -0.1) is 0 Å². The molecular weight excluding hydrogens is 411 g/mol. The third-order valence-electron chi connectivity index (χ3n) is 7.92. The molecule has 174 valence electrons. The fourth-order valence-electron chi connectivity index (χ4n) is 6.10. The number of allylic oxidation sites excluding steroid dienone is 4. The quantitative estimate of drug-likeness (QED) is 0.542. The summed E-state index contributed by atoms with van der Waals surface area (Å²) in [6.45, 7) is 5.00. The van der Waals surface area contributed by atoms with Crippen LogP contribution in [-0.4, -0.2) is 42.4 Å². The second-order valence-electron chi connectivity index (χ2n) is 10.3. The summed E-state index contributed by atoms with van der Waals surface area (Å²) in [4.78, 5) is 2.30. The minimum Gasteiger partial charge on any atom is -0.508 e. The molecule has 2 N–H and O–H groups in total. The summed E-state index contributed by atoms with van der Waals surface area (Å²) in [5.74, 6) is 1.17. The number of fused-ring (bicyclic) bond motifs is 1. The molecule has 1 saturated heterocycles. The number of phenolic OH excluding ortho intramolecular Hbond substituents is 1. The summed E-state index contributed by atoms with van der Waals surface area (Å²) in [6.07, 6.45) is 12.9. The Morgan fingerprint density at radius 2 is 1.94 bits per heavy atom. The molecule has 1 fully saturated rings. The maximum Gasteiger partial charge on any atom is 0.115 e. The van der Waals surface area contributed by atoms with E-state index in [2.05, 4.69) is 71.8 Å². The smallest absolute Gasteiger partial charge is 0.115 e. The molecule has 3 atom stereocenters. The number of halogens is 1. The van der Waals surface area contributed by atoms with Crippen molar-refractivity contribution in [2.75, 3.05) is 31.6 Å². The predicted octanol–water partition coefficient (Wildman–Crippen LogP) is 6.06. The molecular formula is C29H35FN2O. The molecule has 3 nitrogen and oxygen atoms in total. The Bertz CT molecular complexity index is 1020. The van der Waals surface area contributed by atoms with Crippen LogP contribution in [0.25, 0.3) is 0 Å². The van der Waals surface area contributed by atoms with Crippen LogP contribution in [0.1, 0.15) is 48.8 Å². The first kappa shape index (κ1) is 22.2. The summed E-state index contributed by atoms with van der Waals surface area (Å²) in [5.41, 5.74) is 5.26. The van der Waals surface area contributed by atoms with Crippen molar-refractivity contribution in [2.45, 2.75) is 44.6 Å². The molecule has 1 aliphatic heterocycles. The van der Waals surface area contributed by atoms with E-state index in [0.717, 1.165) is 44.6 Å². The van der Waals surface area contributed by atoms with Gasteiger partial charge in [0, 0.05) is 31.2 Å². The number of benzene rings is 2. The van der Waals surface area contributed by atoms with Gasteiger partial charge < -0.3 is 10.4 Å². The lowest BCUT2D eigenvalue weighted by Gasteiger charge is -2.45. The molecule has 4 heteroatoms. The molecule has 0 amide bonds. The van der Waals surface area contributed by atoms with Crippen LogP contribution in [0.3, 0.4) is 0 Å². The van der Waals surface area contributed by atoms with Gasteiger partial charge in [-0.3, -0.25) is 9.29 Å². The van der Waals surface area contributed by atoms with Gasteiger partial charge in [0.15, 0.2) is 0 Å². The number of anilines is 1. The number of likely N-dealkylation sites (tertiary alicyclic amines) is 1. The zero-order valence-electron chi connectivity index (χ0n) is 19.5. The monoisotopic (exact) mass is 446 g/mol. The van der Waals surface area contributed by atoms with Gasteiger partial charge in [-0.25, -0.2) is 0 Å². The zero-order valence-corrected chi connectivity index (χ0v) is 19.5. The fraction of sp³-hybridized carbons (Fsp3) is 0.448. The fourth-order valence-corrected chi connectivity index (χ4v) is 6.10. The highest BCUT2D eigenvalue weighted by Crippen LogP contribution is 2.52. The number of nitrogens with one attached hydrogen (secondary N) is 1. The van der Waals surface area contributed by atoms with Gasteiger partial charge >= 0.3 is 0 Å². The van der Waals surface area contributed by atoms with Gasteiger partial charge in [-0.1, -0.05) is 49.4 Å². The summed E-state index contributed by atoms with van der Waals surface area (Å²) >= 11 is 0. The van der Waals surface area contributed by atoms with E-state index < -0.39 is 0 Å². The maximum atomic E-state index is 12.4. The second kappa shape index (κ2) is 9.34. The van der Waals surface area contributed by atoms with E-state index in [4.69, 9.17) is 0 Å². The van der Waals surface area contributed by atoms with Gasteiger partial charge in [0.2, 0.25) is 0 Å².